The molecule has 0 saturated carbocycles. The number of nitrogen functional groups attached to an aromatic ring is 1. The molecule has 0 bridgehead atoms. The maximum Gasteiger partial charge on any atom is 0.148 e. The third-order valence-electron chi connectivity index (χ3n) is 3.73. The molecule has 5 nitrogen and oxygen atoms in total. The van der Waals surface area contributed by atoms with Gasteiger partial charge in [0.1, 0.15) is 18.0 Å². The van der Waals surface area contributed by atoms with E-state index in [0.29, 0.717) is 5.92 Å². The van der Waals surface area contributed by atoms with Gasteiger partial charge in [-0.3, -0.25) is 0 Å². The van der Waals surface area contributed by atoms with Crippen molar-refractivity contribution < 1.29 is 0 Å². The minimum atomic E-state index is 0.703. The first-order chi connectivity index (χ1) is 9.21. The molecular formula is C14H27N5. The van der Waals surface area contributed by atoms with E-state index in [0.717, 1.165) is 36.7 Å². The summed E-state index contributed by atoms with van der Waals surface area (Å²) in [5, 5.41) is 0. The van der Waals surface area contributed by atoms with Gasteiger partial charge >= 0.3 is 0 Å². The minimum Gasteiger partial charge on any atom is -0.356 e. The number of hydrazine groups is 1. The van der Waals surface area contributed by atoms with Crippen molar-refractivity contribution in [3.63, 3.8) is 0 Å². The lowest BCUT2D eigenvalue weighted by atomic mass is 10.0. The Morgan fingerprint density at radius 1 is 1.21 bits per heavy atom. The van der Waals surface area contributed by atoms with Crippen LogP contribution in [0.4, 0.5) is 11.6 Å². The van der Waals surface area contributed by atoms with Crippen molar-refractivity contribution in [2.75, 3.05) is 23.4 Å². The molecule has 1 aromatic heterocycles. The fraction of sp³-hybridized carbons (Fsp3) is 0.714. The van der Waals surface area contributed by atoms with Crippen molar-refractivity contribution in [1.82, 2.24) is 9.97 Å². The Morgan fingerprint density at radius 3 is 2.37 bits per heavy atom. The highest BCUT2D eigenvalue weighted by Crippen LogP contribution is 2.25. The first-order valence-electron chi connectivity index (χ1n) is 7.27. The number of hydrogen-bond acceptors (Lipinski definition) is 5. The van der Waals surface area contributed by atoms with Gasteiger partial charge in [0, 0.05) is 18.7 Å². The normalized spacial score (nSPS) is 10.8. The van der Waals surface area contributed by atoms with E-state index in [9.17, 15) is 0 Å². The predicted molar refractivity (Wildman–Crippen MR) is 81.2 cm³/mol. The van der Waals surface area contributed by atoms with E-state index >= 15 is 0 Å². The largest absolute Gasteiger partial charge is 0.356 e. The van der Waals surface area contributed by atoms with E-state index in [2.05, 4.69) is 48.0 Å². The summed E-state index contributed by atoms with van der Waals surface area (Å²) in [5.41, 5.74) is 3.76. The van der Waals surface area contributed by atoms with Gasteiger partial charge in [-0.25, -0.2) is 15.8 Å². The van der Waals surface area contributed by atoms with Crippen LogP contribution in [0.5, 0.6) is 0 Å². The van der Waals surface area contributed by atoms with Crippen LogP contribution in [0.2, 0.25) is 0 Å². The summed E-state index contributed by atoms with van der Waals surface area (Å²) in [6.45, 7) is 10.8. The molecule has 0 amide bonds. The van der Waals surface area contributed by atoms with Crippen LogP contribution in [0.3, 0.4) is 0 Å². The number of hydrogen-bond donors (Lipinski definition) is 2. The van der Waals surface area contributed by atoms with Gasteiger partial charge in [-0.2, -0.15) is 0 Å². The zero-order valence-corrected chi connectivity index (χ0v) is 12.6. The van der Waals surface area contributed by atoms with Crippen LogP contribution in [0.25, 0.3) is 0 Å². The van der Waals surface area contributed by atoms with Gasteiger partial charge in [0.05, 0.1) is 0 Å². The number of aromatic nitrogens is 2. The van der Waals surface area contributed by atoms with Crippen molar-refractivity contribution >= 4 is 11.6 Å². The molecule has 0 saturated heterocycles. The molecular weight excluding hydrogens is 238 g/mol. The molecule has 0 atom stereocenters. The highest BCUT2D eigenvalue weighted by Gasteiger charge is 2.17. The summed E-state index contributed by atoms with van der Waals surface area (Å²) in [6.07, 6.45) is 4.84. The SMILES string of the molecule is CCc1c(NN)ncnc1N(CC)CC(CC)CC. The summed E-state index contributed by atoms with van der Waals surface area (Å²) >= 11 is 0. The molecule has 0 spiro atoms. The van der Waals surface area contributed by atoms with Crippen LogP contribution < -0.4 is 16.2 Å². The number of nitrogens with zero attached hydrogens (tertiary/aromatic N) is 3. The summed E-state index contributed by atoms with van der Waals surface area (Å²) in [6, 6.07) is 0. The molecule has 0 aliphatic heterocycles. The fourth-order valence-corrected chi connectivity index (χ4v) is 2.35. The van der Waals surface area contributed by atoms with Crippen LogP contribution in [0.1, 0.15) is 46.1 Å². The van der Waals surface area contributed by atoms with Crippen LogP contribution in [0, 0.1) is 5.92 Å². The van der Waals surface area contributed by atoms with Gasteiger partial charge in [0.25, 0.3) is 0 Å². The Kier molecular flexibility index (Phi) is 6.56. The summed E-state index contributed by atoms with van der Waals surface area (Å²) < 4.78 is 0. The monoisotopic (exact) mass is 265 g/mol. The zero-order chi connectivity index (χ0) is 14.3. The highest BCUT2D eigenvalue weighted by molar-refractivity contribution is 5.58. The summed E-state index contributed by atoms with van der Waals surface area (Å²) in [5.74, 6) is 7.98. The maximum absolute atomic E-state index is 5.53. The Labute approximate surface area is 116 Å². The second-order valence-corrected chi connectivity index (χ2v) is 4.74. The number of anilines is 2. The average Bonchev–Trinajstić information content (AvgIpc) is 2.47. The van der Waals surface area contributed by atoms with Crippen molar-refractivity contribution in [3.05, 3.63) is 11.9 Å². The second kappa shape index (κ2) is 7.94. The molecule has 1 heterocycles. The second-order valence-electron chi connectivity index (χ2n) is 4.74. The fourth-order valence-electron chi connectivity index (χ4n) is 2.35. The van der Waals surface area contributed by atoms with Crippen LogP contribution >= 0.6 is 0 Å². The molecule has 108 valence electrons. The quantitative estimate of drug-likeness (QED) is 0.558. The van der Waals surface area contributed by atoms with Gasteiger partial charge in [-0.15, -0.1) is 0 Å². The topological polar surface area (TPSA) is 67.1 Å². The van der Waals surface area contributed by atoms with E-state index in [1.807, 2.05) is 0 Å². The highest BCUT2D eigenvalue weighted by atomic mass is 15.3. The van der Waals surface area contributed by atoms with Gasteiger partial charge in [0.2, 0.25) is 0 Å². The Morgan fingerprint density at radius 2 is 1.89 bits per heavy atom. The van der Waals surface area contributed by atoms with E-state index in [4.69, 9.17) is 5.84 Å². The minimum absolute atomic E-state index is 0.703. The van der Waals surface area contributed by atoms with E-state index in [-0.39, 0.29) is 0 Å². The smallest absolute Gasteiger partial charge is 0.148 e. The first kappa shape index (κ1) is 15.7. The lowest BCUT2D eigenvalue weighted by Gasteiger charge is -2.28. The average molecular weight is 265 g/mol. The van der Waals surface area contributed by atoms with Gasteiger partial charge in [-0.1, -0.05) is 33.6 Å². The maximum atomic E-state index is 5.53. The molecule has 1 rings (SSSR count). The van der Waals surface area contributed by atoms with E-state index in [1.54, 1.807) is 6.33 Å². The molecule has 0 aromatic carbocycles. The van der Waals surface area contributed by atoms with Crippen molar-refractivity contribution in [2.45, 2.75) is 47.0 Å². The van der Waals surface area contributed by atoms with Crippen LogP contribution in [-0.4, -0.2) is 23.1 Å². The summed E-state index contributed by atoms with van der Waals surface area (Å²) in [4.78, 5) is 11.0. The van der Waals surface area contributed by atoms with Crippen molar-refractivity contribution in [1.29, 1.82) is 0 Å². The Balaban J connectivity index is 3.03. The zero-order valence-electron chi connectivity index (χ0n) is 12.6. The van der Waals surface area contributed by atoms with Crippen LogP contribution in [-0.2, 0) is 6.42 Å². The molecule has 5 heteroatoms. The molecule has 0 radical (unpaired) electrons. The first-order valence-corrected chi connectivity index (χ1v) is 7.27. The third kappa shape index (κ3) is 3.80. The van der Waals surface area contributed by atoms with Gasteiger partial charge < -0.3 is 10.3 Å². The number of nitrogens with one attached hydrogen (secondary N) is 1. The molecule has 0 unspecified atom stereocenters. The third-order valence-corrected chi connectivity index (χ3v) is 3.73. The van der Waals surface area contributed by atoms with E-state index in [1.165, 1.54) is 12.8 Å². The lowest BCUT2D eigenvalue weighted by molar-refractivity contribution is 0.484. The number of nitrogens with two attached hydrogens (primary N) is 1. The Bertz CT molecular complexity index is 376. The molecule has 19 heavy (non-hydrogen) atoms. The van der Waals surface area contributed by atoms with Gasteiger partial charge in [-0.05, 0) is 19.3 Å². The van der Waals surface area contributed by atoms with Crippen LogP contribution in [0.15, 0.2) is 6.33 Å². The predicted octanol–water partition coefficient (Wildman–Crippen LogP) is 2.59. The van der Waals surface area contributed by atoms with Crippen molar-refractivity contribution in [3.8, 4) is 0 Å². The molecule has 0 aliphatic carbocycles. The van der Waals surface area contributed by atoms with Crippen molar-refractivity contribution in [2.24, 2.45) is 11.8 Å². The van der Waals surface area contributed by atoms with E-state index < -0.39 is 0 Å². The molecule has 0 fully saturated rings. The molecule has 1 aromatic rings. The lowest BCUT2D eigenvalue weighted by Crippen LogP contribution is -2.31. The summed E-state index contributed by atoms with van der Waals surface area (Å²) in [7, 11) is 0. The molecule has 0 aliphatic rings. The molecule has 3 N–H and O–H groups in total. The Hall–Kier alpha value is -1.36. The van der Waals surface area contributed by atoms with Gasteiger partial charge in [0.15, 0.2) is 0 Å². The standard InChI is InChI=1S/C14H27N5/c1-5-11(6-2)9-19(8-4)14-12(7-3)13(18-15)16-10-17-14/h10-11H,5-9,15H2,1-4H3,(H,16,17,18). The number of rotatable bonds is 8.